The second-order valence-electron chi connectivity index (χ2n) is 4.86. The smallest absolute Gasteiger partial charge is 0.273 e. The number of hydrazine groups is 1. The second-order valence-corrected chi connectivity index (χ2v) is 5.27. The molecule has 0 aliphatic carbocycles. The molecule has 7 nitrogen and oxygen atoms in total. The summed E-state index contributed by atoms with van der Waals surface area (Å²) in [4.78, 5) is 23.7. The van der Waals surface area contributed by atoms with E-state index in [4.69, 9.17) is 21.4 Å². The number of thiocarbonyl (C=S) groups is 1. The van der Waals surface area contributed by atoms with E-state index in [0.717, 1.165) is 5.56 Å². The Morgan fingerprint density at radius 2 is 1.96 bits per heavy atom. The number of carbonyl (C=O) groups excluding carboxylic acids is 2. The van der Waals surface area contributed by atoms with Gasteiger partial charge in [-0.25, -0.2) is 0 Å². The highest BCUT2D eigenvalue weighted by molar-refractivity contribution is 7.80. The number of nitrogens with one attached hydrogen (secondary N) is 3. The molecule has 1 aromatic heterocycles. The average molecular weight is 359 g/mol. The van der Waals surface area contributed by atoms with Crippen molar-refractivity contribution >= 4 is 35.2 Å². The summed E-state index contributed by atoms with van der Waals surface area (Å²) in [6.07, 6.45) is 4.32. The maximum absolute atomic E-state index is 11.9. The van der Waals surface area contributed by atoms with Crippen LogP contribution in [-0.4, -0.2) is 24.0 Å². The minimum atomic E-state index is -0.447. The number of aryl methyl sites for hydroxylation is 1. The lowest BCUT2D eigenvalue weighted by molar-refractivity contribution is -0.115. The number of methoxy groups -OCH3 is 1. The van der Waals surface area contributed by atoms with Crippen LogP contribution in [0.4, 0.5) is 0 Å². The van der Waals surface area contributed by atoms with Gasteiger partial charge in [0.1, 0.15) is 11.5 Å². The Morgan fingerprint density at radius 1 is 1.20 bits per heavy atom. The van der Waals surface area contributed by atoms with Crippen LogP contribution in [-0.2, 0) is 4.79 Å². The summed E-state index contributed by atoms with van der Waals surface area (Å²) in [6, 6.07) is 8.80. The molecule has 1 aromatic carbocycles. The van der Waals surface area contributed by atoms with Gasteiger partial charge < -0.3 is 9.15 Å². The molecule has 0 fully saturated rings. The standard InChI is InChI=1S/C17H17N3O4S/c1-11-13(9-10-24-11)16(22)19-20-17(25)18-15(21)8-7-12-5-3-4-6-14(12)23-2/h3-10H,1-2H3,(H,19,22)(H2,18,20,21,25)/b8-7+. The van der Waals surface area contributed by atoms with Gasteiger partial charge in [-0.2, -0.15) is 0 Å². The maximum atomic E-state index is 11.9. The van der Waals surface area contributed by atoms with Crippen LogP contribution in [0.1, 0.15) is 21.7 Å². The number of ether oxygens (including phenoxy) is 1. The van der Waals surface area contributed by atoms with Gasteiger partial charge in [-0.05, 0) is 37.4 Å². The predicted octanol–water partition coefficient (Wildman–Crippen LogP) is 1.95. The molecule has 8 heteroatoms. The normalized spacial score (nSPS) is 10.3. The van der Waals surface area contributed by atoms with Gasteiger partial charge in [0.25, 0.3) is 5.91 Å². The minimum absolute atomic E-state index is 0.0378. The van der Waals surface area contributed by atoms with E-state index < -0.39 is 11.8 Å². The molecule has 130 valence electrons. The molecule has 0 saturated heterocycles. The lowest BCUT2D eigenvalue weighted by Gasteiger charge is -2.09. The van der Waals surface area contributed by atoms with Gasteiger partial charge in [-0.15, -0.1) is 0 Å². The summed E-state index contributed by atoms with van der Waals surface area (Å²) in [5.41, 5.74) is 5.95. The van der Waals surface area contributed by atoms with Gasteiger partial charge in [0.05, 0.1) is 18.9 Å². The highest BCUT2D eigenvalue weighted by Crippen LogP contribution is 2.18. The second kappa shape index (κ2) is 8.65. The first-order valence-corrected chi connectivity index (χ1v) is 7.68. The summed E-state index contributed by atoms with van der Waals surface area (Å²) >= 11 is 4.95. The van der Waals surface area contributed by atoms with Crippen molar-refractivity contribution in [3.63, 3.8) is 0 Å². The molecular weight excluding hydrogens is 342 g/mol. The molecule has 25 heavy (non-hydrogen) atoms. The fourth-order valence-corrected chi connectivity index (χ4v) is 2.11. The number of furan rings is 1. The maximum Gasteiger partial charge on any atom is 0.273 e. The Morgan fingerprint density at radius 3 is 2.64 bits per heavy atom. The van der Waals surface area contributed by atoms with Crippen LogP contribution in [0.25, 0.3) is 6.08 Å². The van der Waals surface area contributed by atoms with Crippen LogP contribution in [0, 0.1) is 6.92 Å². The van der Waals surface area contributed by atoms with Gasteiger partial charge in [-0.3, -0.25) is 25.8 Å². The average Bonchev–Trinajstić information content (AvgIpc) is 3.04. The quantitative estimate of drug-likeness (QED) is 0.439. The predicted molar refractivity (Wildman–Crippen MR) is 96.8 cm³/mol. The molecule has 0 bridgehead atoms. The van der Waals surface area contributed by atoms with Gasteiger partial charge in [-0.1, -0.05) is 18.2 Å². The first-order chi connectivity index (χ1) is 12.0. The fraction of sp³-hybridized carbons (Fsp3) is 0.118. The van der Waals surface area contributed by atoms with Gasteiger partial charge in [0, 0.05) is 11.6 Å². The molecule has 0 unspecified atom stereocenters. The Labute approximate surface area is 150 Å². The van der Waals surface area contributed by atoms with Gasteiger partial charge in [0.2, 0.25) is 5.91 Å². The third kappa shape index (κ3) is 5.18. The number of hydrogen-bond donors (Lipinski definition) is 3. The Balaban J connectivity index is 1.84. The number of rotatable bonds is 4. The van der Waals surface area contributed by atoms with E-state index in [-0.39, 0.29) is 5.11 Å². The van der Waals surface area contributed by atoms with E-state index in [1.807, 2.05) is 18.2 Å². The zero-order chi connectivity index (χ0) is 18.2. The van der Waals surface area contributed by atoms with Crippen LogP contribution in [0.5, 0.6) is 5.75 Å². The van der Waals surface area contributed by atoms with Crippen LogP contribution >= 0.6 is 12.2 Å². The minimum Gasteiger partial charge on any atom is -0.496 e. The Kier molecular flexibility index (Phi) is 6.30. The molecule has 2 rings (SSSR count). The van der Waals surface area contributed by atoms with Crippen molar-refractivity contribution < 1.29 is 18.7 Å². The van der Waals surface area contributed by atoms with Crippen molar-refractivity contribution in [2.45, 2.75) is 6.92 Å². The van der Waals surface area contributed by atoms with Gasteiger partial charge in [0.15, 0.2) is 5.11 Å². The summed E-state index contributed by atoms with van der Waals surface area (Å²) in [5.74, 6) is 0.258. The van der Waals surface area contributed by atoms with Crippen molar-refractivity contribution in [1.82, 2.24) is 16.2 Å². The summed E-state index contributed by atoms with van der Waals surface area (Å²) in [5, 5.41) is 2.38. The monoisotopic (exact) mass is 359 g/mol. The lowest BCUT2D eigenvalue weighted by atomic mass is 10.2. The molecule has 0 aliphatic heterocycles. The van der Waals surface area contributed by atoms with Crippen molar-refractivity contribution in [3.8, 4) is 5.75 Å². The highest BCUT2D eigenvalue weighted by Gasteiger charge is 2.11. The van der Waals surface area contributed by atoms with E-state index in [0.29, 0.717) is 17.1 Å². The topological polar surface area (TPSA) is 92.6 Å². The summed E-state index contributed by atoms with van der Waals surface area (Å²) < 4.78 is 10.2. The molecule has 0 atom stereocenters. The van der Waals surface area contributed by atoms with E-state index in [1.54, 1.807) is 26.2 Å². The third-order valence-corrected chi connectivity index (χ3v) is 3.39. The number of carbonyl (C=O) groups is 2. The van der Waals surface area contributed by atoms with Crippen molar-refractivity contribution in [2.75, 3.05) is 7.11 Å². The molecular formula is C17H17N3O4S. The first-order valence-electron chi connectivity index (χ1n) is 7.27. The largest absolute Gasteiger partial charge is 0.496 e. The molecule has 0 aliphatic rings. The SMILES string of the molecule is COc1ccccc1/C=C/C(=O)NC(=S)NNC(=O)c1ccoc1C. The zero-order valence-corrected chi connectivity index (χ0v) is 14.5. The van der Waals surface area contributed by atoms with Crippen molar-refractivity contribution in [3.05, 3.63) is 59.6 Å². The van der Waals surface area contributed by atoms with E-state index >= 15 is 0 Å². The van der Waals surface area contributed by atoms with Gasteiger partial charge >= 0.3 is 0 Å². The molecule has 1 heterocycles. The molecule has 2 amide bonds. The molecule has 0 radical (unpaired) electrons. The summed E-state index contributed by atoms with van der Waals surface area (Å²) in [6.45, 7) is 1.66. The van der Waals surface area contributed by atoms with Crippen LogP contribution in [0.2, 0.25) is 0 Å². The fourth-order valence-electron chi connectivity index (χ4n) is 1.96. The van der Waals surface area contributed by atoms with Crippen LogP contribution in [0.15, 0.2) is 47.1 Å². The lowest BCUT2D eigenvalue weighted by Crippen LogP contribution is -2.48. The van der Waals surface area contributed by atoms with Crippen molar-refractivity contribution in [2.24, 2.45) is 0 Å². The molecule has 0 saturated carbocycles. The van der Waals surface area contributed by atoms with E-state index in [1.165, 1.54) is 18.4 Å². The Hall–Kier alpha value is -3.13. The zero-order valence-electron chi connectivity index (χ0n) is 13.7. The third-order valence-electron chi connectivity index (χ3n) is 3.18. The number of amides is 2. The van der Waals surface area contributed by atoms with Crippen molar-refractivity contribution in [1.29, 1.82) is 0 Å². The molecule has 3 N–H and O–H groups in total. The highest BCUT2D eigenvalue weighted by atomic mass is 32.1. The van der Waals surface area contributed by atoms with E-state index in [9.17, 15) is 9.59 Å². The number of benzene rings is 1. The Bertz CT molecular complexity index is 814. The number of para-hydroxylation sites is 1. The van der Waals surface area contributed by atoms with E-state index in [2.05, 4.69) is 16.2 Å². The first kappa shape index (κ1) is 18.2. The number of hydrogen-bond acceptors (Lipinski definition) is 5. The van der Waals surface area contributed by atoms with Crippen LogP contribution < -0.4 is 20.9 Å². The molecule has 0 spiro atoms. The van der Waals surface area contributed by atoms with Crippen LogP contribution in [0.3, 0.4) is 0 Å². The summed E-state index contributed by atoms with van der Waals surface area (Å²) in [7, 11) is 1.55. The molecule has 2 aromatic rings.